The van der Waals surface area contributed by atoms with Gasteiger partial charge in [0, 0.05) is 30.8 Å². The van der Waals surface area contributed by atoms with Crippen LogP contribution in [-0.4, -0.2) is 56.6 Å². The van der Waals surface area contributed by atoms with E-state index >= 15 is 0 Å². The van der Waals surface area contributed by atoms with E-state index in [2.05, 4.69) is 59.2 Å². The summed E-state index contributed by atoms with van der Waals surface area (Å²) in [5, 5.41) is 0. The minimum Gasteiger partial charge on any atom is -0.378 e. The fraction of sp³-hybridized carbons (Fsp3) is 0.480. The molecule has 3 rings (SSSR count). The predicted octanol–water partition coefficient (Wildman–Crippen LogP) is 4.44. The first-order valence-electron chi connectivity index (χ1n) is 11.0. The van der Waals surface area contributed by atoms with Gasteiger partial charge in [-0.05, 0) is 68.7 Å². The topological polar surface area (TPSA) is 32.8 Å². The van der Waals surface area contributed by atoms with E-state index in [0.29, 0.717) is 6.42 Å². The van der Waals surface area contributed by atoms with Crippen molar-refractivity contribution in [2.24, 2.45) is 0 Å². The van der Waals surface area contributed by atoms with Crippen molar-refractivity contribution in [3.8, 4) is 0 Å². The molecular weight excluding hydrogens is 360 g/mol. The molecule has 1 fully saturated rings. The number of carbonyl (C=O) groups excluding carboxylic acids is 1. The van der Waals surface area contributed by atoms with Gasteiger partial charge >= 0.3 is 0 Å². The van der Waals surface area contributed by atoms with Crippen LogP contribution in [0.5, 0.6) is 0 Å². The molecule has 0 unspecified atom stereocenters. The quantitative estimate of drug-likeness (QED) is 0.528. The molecule has 156 valence electrons. The number of hydrogen-bond acceptors (Lipinski definition) is 4. The maximum absolute atomic E-state index is 12.5. The lowest BCUT2D eigenvalue weighted by Gasteiger charge is -2.28. The van der Waals surface area contributed by atoms with Crippen LogP contribution in [0.1, 0.15) is 42.1 Å². The van der Waals surface area contributed by atoms with Crippen molar-refractivity contribution >= 4 is 11.5 Å². The van der Waals surface area contributed by atoms with Crippen LogP contribution in [0.2, 0.25) is 0 Å². The number of hydrogen-bond donors (Lipinski definition) is 0. The number of anilines is 1. The van der Waals surface area contributed by atoms with E-state index in [1.807, 2.05) is 12.1 Å². The largest absolute Gasteiger partial charge is 0.378 e. The molecule has 0 saturated carbocycles. The number of benzene rings is 2. The highest BCUT2D eigenvalue weighted by atomic mass is 16.5. The first kappa shape index (κ1) is 21.5. The third-order valence-corrected chi connectivity index (χ3v) is 5.67. The fourth-order valence-corrected chi connectivity index (χ4v) is 3.87. The minimum atomic E-state index is 0.249. The average molecular weight is 395 g/mol. The van der Waals surface area contributed by atoms with E-state index < -0.39 is 0 Å². The summed E-state index contributed by atoms with van der Waals surface area (Å²) < 4.78 is 5.40. The number of rotatable bonds is 11. The van der Waals surface area contributed by atoms with Crippen LogP contribution in [-0.2, 0) is 11.2 Å². The zero-order valence-electron chi connectivity index (χ0n) is 17.7. The van der Waals surface area contributed by atoms with Gasteiger partial charge in [0.05, 0.1) is 13.2 Å². The Kier molecular flexibility index (Phi) is 8.72. The predicted molar refractivity (Wildman–Crippen MR) is 120 cm³/mol. The Morgan fingerprint density at radius 3 is 2.34 bits per heavy atom. The first-order chi connectivity index (χ1) is 14.3. The van der Waals surface area contributed by atoms with E-state index in [1.54, 1.807) is 0 Å². The van der Waals surface area contributed by atoms with E-state index in [4.69, 9.17) is 4.74 Å². The summed E-state index contributed by atoms with van der Waals surface area (Å²) in [6.45, 7) is 8.72. The fourth-order valence-electron chi connectivity index (χ4n) is 3.87. The Hall–Kier alpha value is -2.17. The van der Waals surface area contributed by atoms with E-state index in [-0.39, 0.29) is 5.78 Å². The number of carbonyl (C=O) groups is 1. The Bertz CT molecular complexity index is 724. The third-order valence-electron chi connectivity index (χ3n) is 5.67. The maximum Gasteiger partial charge on any atom is 0.162 e. The molecule has 0 atom stereocenters. The van der Waals surface area contributed by atoms with Gasteiger partial charge in [0.2, 0.25) is 0 Å². The summed E-state index contributed by atoms with van der Waals surface area (Å²) in [4.78, 5) is 17.3. The molecule has 0 aromatic heterocycles. The highest BCUT2D eigenvalue weighted by Crippen LogP contribution is 2.18. The van der Waals surface area contributed by atoms with Gasteiger partial charge in [-0.1, -0.05) is 37.3 Å². The highest BCUT2D eigenvalue weighted by Gasteiger charge is 2.12. The lowest BCUT2D eigenvalue weighted by atomic mass is 10.1. The molecule has 0 spiro atoms. The molecule has 2 aromatic rings. The third kappa shape index (κ3) is 6.98. The Morgan fingerprint density at radius 2 is 1.66 bits per heavy atom. The standard InChI is InChI=1S/C25H34N2O2/c1-2-26(16-6-10-22-8-4-3-5-9-22)17-7-11-25(28)23-12-14-24(15-13-23)27-18-20-29-21-19-27/h3-5,8-9,12-15H,2,6-7,10-11,16-21H2,1H3. The summed E-state index contributed by atoms with van der Waals surface area (Å²) in [6.07, 6.45) is 3.82. The van der Waals surface area contributed by atoms with E-state index in [1.165, 1.54) is 11.3 Å². The normalized spacial score (nSPS) is 14.3. The number of ketones is 1. The SMILES string of the molecule is CCN(CCCC(=O)c1ccc(N2CCOCC2)cc1)CCCc1ccccc1. The molecule has 29 heavy (non-hydrogen) atoms. The summed E-state index contributed by atoms with van der Waals surface area (Å²) in [6, 6.07) is 18.8. The molecule has 0 bridgehead atoms. The van der Waals surface area contributed by atoms with Gasteiger partial charge in [0.1, 0.15) is 0 Å². The van der Waals surface area contributed by atoms with Gasteiger partial charge in [0.25, 0.3) is 0 Å². The number of nitrogens with zero attached hydrogens (tertiary/aromatic N) is 2. The summed E-state index contributed by atoms with van der Waals surface area (Å²) >= 11 is 0. The van der Waals surface area contributed by atoms with Crippen molar-refractivity contribution in [2.75, 3.05) is 50.8 Å². The van der Waals surface area contributed by atoms with Crippen LogP contribution < -0.4 is 4.90 Å². The summed E-state index contributed by atoms with van der Waals surface area (Å²) in [7, 11) is 0. The molecule has 0 amide bonds. The number of aryl methyl sites for hydroxylation is 1. The molecule has 2 aromatic carbocycles. The zero-order chi connectivity index (χ0) is 20.3. The second-order valence-electron chi connectivity index (χ2n) is 7.70. The number of ether oxygens (including phenoxy) is 1. The van der Waals surface area contributed by atoms with Gasteiger partial charge in [-0.2, -0.15) is 0 Å². The lowest BCUT2D eigenvalue weighted by Crippen LogP contribution is -2.36. The second kappa shape index (κ2) is 11.7. The van der Waals surface area contributed by atoms with Gasteiger partial charge in [-0.15, -0.1) is 0 Å². The summed E-state index contributed by atoms with van der Waals surface area (Å²) in [5.74, 6) is 0.249. The number of Topliss-reactive ketones (excluding diaryl/α,β-unsaturated/α-hetero) is 1. The van der Waals surface area contributed by atoms with Crippen molar-refractivity contribution in [1.82, 2.24) is 4.90 Å². The average Bonchev–Trinajstić information content (AvgIpc) is 2.79. The first-order valence-corrected chi connectivity index (χ1v) is 11.0. The molecule has 4 heteroatoms. The van der Waals surface area contributed by atoms with Crippen LogP contribution in [0.15, 0.2) is 54.6 Å². The smallest absolute Gasteiger partial charge is 0.162 e. The van der Waals surface area contributed by atoms with Crippen LogP contribution in [0.25, 0.3) is 0 Å². The van der Waals surface area contributed by atoms with E-state index in [9.17, 15) is 4.79 Å². The number of morpholine rings is 1. The zero-order valence-corrected chi connectivity index (χ0v) is 17.7. The molecule has 0 aliphatic carbocycles. The van der Waals surface area contributed by atoms with Crippen molar-refractivity contribution < 1.29 is 9.53 Å². The maximum atomic E-state index is 12.5. The monoisotopic (exact) mass is 394 g/mol. The second-order valence-corrected chi connectivity index (χ2v) is 7.70. The molecule has 1 saturated heterocycles. The molecule has 1 aliphatic heterocycles. The Labute approximate surface area is 175 Å². The van der Waals surface area contributed by atoms with Crippen molar-refractivity contribution in [2.45, 2.75) is 32.6 Å². The summed E-state index contributed by atoms with van der Waals surface area (Å²) in [5.41, 5.74) is 3.41. The van der Waals surface area contributed by atoms with Crippen molar-refractivity contribution in [3.63, 3.8) is 0 Å². The molecule has 0 N–H and O–H groups in total. The van der Waals surface area contributed by atoms with E-state index in [0.717, 1.165) is 70.8 Å². The molecular formula is C25H34N2O2. The molecule has 1 aliphatic rings. The molecule has 1 heterocycles. The van der Waals surface area contributed by atoms with Gasteiger partial charge < -0.3 is 14.5 Å². The molecule has 0 radical (unpaired) electrons. The highest BCUT2D eigenvalue weighted by molar-refractivity contribution is 5.96. The lowest BCUT2D eigenvalue weighted by molar-refractivity contribution is 0.0975. The minimum absolute atomic E-state index is 0.249. The van der Waals surface area contributed by atoms with Gasteiger partial charge in [-0.25, -0.2) is 0 Å². The van der Waals surface area contributed by atoms with Crippen LogP contribution >= 0.6 is 0 Å². The van der Waals surface area contributed by atoms with Crippen LogP contribution in [0.3, 0.4) is 0 Å². The Morgan fingerprint density at radius 1 is 0.966 bits per heavy atom. The van der Waals surface area contributed by atoms with Crippen molar-refractivity contribution in [1.29, 1.82) is 0 Å². The Balaban J connectivity index is 1.37. The van der Waals surface area contributed by atoms with Gasteiger partial charge in [0.15, 0.2) is 5.78 Å². The van der Waals surface area contributed by atoms with Crippen molar-refractivity contribution in [3.05, 3.63) is 65.7 Å². The van der Waals surface area contributed by atoms with Crippen LogP contribution in [0.4, 0.5) is 5.69 Å². The molecule has 4 nitrogen and oxygen atoms in total. The van der Waals surface area contributed by atoms with Gasteiger partial charge in [-0.3, -0.25) is 4.79 Å². The van der Waals surface area contributed by atoms with Crippen LogP contribution in [0, 0.1) is 0 Å².